The zero-order valence-electron chi connectivity index (χ0n) is 7.38. The molecule has 2 rings (SSSR count). The summed E-state index contributed by atoms with van der Waals surface area (Å²) in [5, 5.41) is 8.18. The standard InChI is InChI=1S/C9H5ClN2OS2/c10-7-3-6(4-13)1-2-8(7)15-9-12-11-5-14-9/h1-5H. The van der Waals surface area contributed by atoms with Gasteiger partial charge in [-0.2, -0.15) is 0 Å². The first-order chi connectivity index (χ1) is 7.29. The summed E-state index contributed by atoms with van der Waals surface area (Å²) in [6.07, 6.45) is 0.769. The number of hydrogen-bond donors (Lipinski definition) is 0. The van der Waals surface area contributed by atoms with E-state index in [1.807, 2.05) is 0 Å². The van der Waals surface area contributed by atoms with Crippen LogP contribution in [0.3, 0.4) is 0 Å². The van der Waals surface area contributed by atoms with Crippen LogP contribution in [0.1, 0.15) is 10.4 Å². The normalized spacial score (nSPS) is 10.2. The van der Waals surface area contributed by atoms with Gasteiger partial charge in [0.15, 0.2) is 4.34 Å². The number of nitrogens with zero attached hydrogens (tertiary/aromatic N) is 2. The van der Waals surface area contributed by atoms with E-state index in [4.69, 9.17) is 11.6 Å². The van der Waals surface area contributed by atoms with E-state index in [2.05, 4.69) is 10.2 Å². The van der Waals surface area contributed by atoms with Crippen LogP contribution in [-0.2, 0) is 0 Å². The van der Waals surface area contributed by atoms with Gasteiger partial charge in [-0.1, -0.05) is 40.8 Å². The average Bonchev–Trinajstić information content (AvgIpc) is 2.74. The lowest BCUT2D eigenvalue weighted by molar-refractivity contribution is 0.112. The van der Waals surface area contributed by atoms with Gasteiger partial charge < -0.3 is 0 Å². The number of hydrogen-bond acceptors (Lipinski definition) is 5. The summed E-state index contributed by atoms with van der Waals surface area (Å²) in [5.41, 5.74) is 2.23. The van der Waals surface area contributed by atoms with Gasteiger partial charge in [-0.05, 0) is 12.1 Å². The van der Waals surface area contributed by atoms with Gasteiger partial charge in [0.05, 0.1) is 5.02 Å². The molecule has 6 heteroatoms. The maximum Gasteiger partial charge on any atom is 0.178 e. The Morgan fingerprint density at radius 1 is 1.47 bits per heavy atom. The lowest BCUT2D eigenvalue weighted by Crippen LogP contribution is -1.81. The molecular weight excluding hydrogens is 252 g/mol. The SMILES string of the molecule is O=Cc1ccc(Sc2nncs2)c(Cl)c1. The summed E-state index contributed by atoms with van der Waals surface area (Å²) in [4.78, 5) is 11.4. The third kappa shape index (κ3) is 2.56. The Hall–Kier alpha value is -0.910. The van der Waals surface area contributed by atoms with E-state index >= 15 is 0 Å². The van der Waals surface area contributed by atoms with Gasteiger partial charge in [-0.15, -0.1) is 10.2 Å². The predicted octanol–water partition coefficient (Wildman–Crippen LogP) is 3.16. The number of aldehydes is 1. The van der Waals surface area contributed by atoms with Gasteiger partial charge in [-0.3, -0.25) is 4.79 Å². The molecule has 0 amide bonds. The van der Waals surface area contributed by atoms with Crippen molar-refractivity contribution in [3.63, 3.8) is 0 Å². The van der Waals surface area contributed by atoms with Crippen LogP contribution in [0.25, 0.3) is 0 Å². The topological polar surface area (TPSA) is 42.9 Å². The average molecular weight is 257 g/mol. The molecule has 76 valence electrons. The third-order valence-electron chi connectivity index (χ3n) is 1.63. The van der Waals surface area contributed by atoms with Crippen LogP contribution in [0.15, 0.2) is 32.9 Å². The number of carbonyl (C=O) groups excluding carboxylic acids is 1. The molecule has 1 aromatic heterocycles. The van der Waals surface area contributed by atoms with Crippen LogP contribution in [-0.4, -0.2) is 16.5 Å². The highest BCUT2D eigenvalue weighted by atomic mass is 35.5. The molecule has 0 atom stereocenters. The van der Waals surface area contributed by atoms with Gasteiger partial charge in [-0.25, -0.2) is 0 Å². The number of benzene rings is 1. The fraction of sp³-hybridized carbons (Fsp3) is 0. The minimum Gasteiger partial charge on any atom is -0.298 e. The molecule has 0 bridgehead atoms. The van der Waals surface area contributed by atoms with Crippen molar-refractivity contribution in [2.75, 3.05) is 0 Å². The minimum atomic E-state index is 0.555. The molecule has 0 radical (unpaired) electrons. The molecule has 0 N–H and O–H groups in total. The van der Waals surface area contributed by atoms with Crippen molar-refractivity contribution in [1.82, 2.24) is 10.2 Å². The fourth-order valence-corrected chi connectivity index (χ4v) is 2.72. The second-order valence-electron chi connectivity index (χ2n) is 2.61. The smallest absolute Gasteiger partial charge is 0.178 e. The van der Waals surface area contributed by atoms with Crippen LogP contribution in [0.2, 0.25) is 5.02 Å². The minimum absolute atomic E-state index is 0.555. The summed E-state index contributed by atoms with van der Waals surface area (Å²) in [7, 11) is 0. The molecular formula is C9H5ClN2OS2. The molecule has 2 aromatic rings. The zero-order valence-corrected chi connectivity index (χ0v) is 9.77. The Labute approximate surface area is 99.5 Å². The van der Waals surface area contributed by atoms with E-state index in [1.54, 1.807) is 23.7 Å². The highest BCUT2D eigenvalue weighted by Gasteiger charge is 2.05. The van der Waals surface area contributed by atoms with Crippen LogP contribution in [0.4, 0.5) is 0 Å². The largest absolute Gasteiger partial charge is 0.298 e. The molecule has 1 heterocycles. The molecule has 0 unspecified atom stereocenters. The molecule has 0 spiro atoms. The quantitative estimate of drug-likeness (QED) is 0.792. The first-order valence-corrected chi connectivity index (χ1v) is 6.06. The van der Waals surface area contributed by atoms with Gasteiger partial charge in [0.2, 0.25) is 0 Å². The van der Waals surface area contributed by atoms with E-state index in [9.17, 15) is 4.79 Å². The Morgan fingerprint density at radius 3 is 2.93 bits per heavy atom. The number of aromatic nitrogens is 2. The summed E-state index contributed by atoms with van der Waals surface area (Å²) in [6.45, 7) is 0. The molecule has 0 fully saturated rings. The van der Waals surface area contributed by atoms with Crippen molar-refractivity contribution >= 4 is 41.0 Å². The van der Waals surface area contributed by atoms with E-state index in [0.717, 1.165) is 15.5 Å². The van der Waals surface area contributed by atoms with Gasteiger partial charge >= 0.3 is 0 Å². The number of carbonyl (C=O) groups is 1. The molecule has 0 aliphatic rings. The van der Waals surface area contributed by atoms with E-state index in [0.29, 0.717) is 10.6 Å². The highest BCUT2D eigenvalue weighted by Crippen LogP contribution is 2.33. The van der Waals surface area contributed by atoms with E-state index in [1.165, 1.54) is 23.1 Å². The second-order valence-corrected chi connectivity index (χ2v) is 5.14. The maximum absolute atomic E-state index is 10.5. The monoisotopic (exact) mass is 256 g/mol. The number of rotatable bonds is 3. The molecule has 1 aromatic carbocycles. The van der Waals surface area contributed by atoms with E-state index < -0.39 is 0 Å². The molecule has 0 saturated carbocycles. The molecule has 3 nitrogen and oxygen atoms in total. The summed E-state index contributed by atoms with van der Waals surface area (Å²) in [6, 6.07) is 5.16. The maximum atomic E-state index is 10.5. The second kappa shape index (κ2) is 4.74. The van der Waals surface area contributed by atoms with Crippen molar-refractivity contribution < 1.29 is 4.79 Å². The predicted molar refractivity (Wildman–Crippen MR) is 60.9 cm³/mol. The van der Waals surface area contributed by atoms with Crippen molar-refractivity contribution in [3.05, 3.63) is 34.3 Å². The van der Waals surface area contributed by atoms with Gasteiger partial charge in [0, 0.05) is 10.5 Å². The zero-order chi connectivity index (χ0) is 10.7. The van der Waals surface area contributed by atoms with Crippen molar-refractivity contribution in [1.29, 1.82) is 0 Å². The Balaban J connectivity index is 2.26. The highest BCUT2D eigenvalue weighted by molar-refractivity contribution is 8.01. The van der Waals surface area contributed by atoms with Crippen molar-refractivity contribution in [2.45, 2.75) is 9.24 Å². The van der Waals surface area contributed by atoms with Crippen molar-refractivity contribution in [3.8, 4) is 0 Å². The van der Waals surface area contributed by atoms with Crippen molar-refractivity contribution in [2.24, 2.45) is 0 Å². The third-order valence-corrected chi connectivity index (χ3v) is 3.91. The summed E-state index contributed by atoms with van der Waals surface area (Å²) in [5.74, 6) is 0. The Morgan fingerprint density at radius 2 is 2.33 bits per heavy atom. The summed E-state index contributed by atoms with van der Waals surface area (Å²) >= 11 is 8.89. The summed E-state index contributed by atoms with van der Waals surface area (Å²) < 4.78 is 0.829. The molecule has 0 aliphatic heterocycles. The van der Waals surface area contributed by atoms with Crippen LogP contribution in [0, 0.1) is 0 Å². The molecule has 0 aliphatic carbocycles. The van der Waals surface area contributed by atoms with Gasteiger partial charge in [0.25, 0.3) is 0 Å². The Bertz CT molecular complexity index is 473. The number of halogens is 1. The molecule has 15 heavy (non-hydrogen) atoms. The lowest BCUT2D eigenvalue weighted by atomic mass is 10.2. The van der Waals surface area contributed by atoms with Gasteiger partial charge in [0.1, 0.15) is 11.8 Å². The Kier molecular flexibility index (Phi) is 3.35. The lowest BCUT2D eigenvalue weighted by Gasteiger charge is -2.00. The fourth-order valence-electron chi connectivity index (χ4n) is 0.975. The van der Waals surface area contributed by atoms with Crippen LogP contribution in [0.5, 0.6) is 0 Å². The first kappa shape index (κ1) is 10.6. The van der Waals surface area contributed by atoms with Crippen LogP contribution >= 0.6 is 34.7 Å². The first-order valence-electron chi connectivity index (χ1n) is 3.98. The van der Waals surface area contributed by atoms with E-state index in [-0.39, 0.29) is 0 Å². The molecule has 0 saturated heterocycles. The van der Waals surface area contributed by atoms with Crippen LogP contribution < -0.4 is 0 Å².